The average molecular weight is 241 g/mol. The molecular weight excluding hydrogens is 232 g/mol. The Hall–Kier alpha value is -0.670. The van der Waals surface area contributed by atoms with E-state index in [0.717, 1.165) is 16.3 Å². The number of rotatable bonds is 2. The lowest BCUT2D eigenvalue weighted by Gasteiger charge is -2.37. The molecule has 0 saturated carbocycles. The summed E-state index contributed by atoms with van der Waals surface area (Å²) in [6, 6.07) is 7.77. The first kappa shape index (κ1) is 8.91. The molecule has 2 rings (SSSR count). The second-order valence-corrected chi connectivity index (χ2v) is 4.10. The van der Waals surface area contributed by atoms with Crippen LogP contribution in [-0.4, -0.2) is 19.5 Å². The van der Waals surface area contributed by atoms with Crippen molar-refractivity contribution in [2.45, 2.75) is 5.41 Å². The zero-order valence-corrected chi connectivity index (χ0v) is 8.58. The van der Waals surface area contributed by atoms with Crippen molar-refractivity contribution >= 4 is 22.2 Å². The van der Waals surface area contributed by atoms with Crippen LogP contribution in [0.5, 0.6) is 0 Å². The monoisotopic (exact) mass is 240 g/mol. The molecule has 1 fully saturated rings. The number of hydrogen-bond acceptors (Lipinski definition) is 2. The standard InChI is InChI=1S/C10H9BrO2/c11-9-4-2-1-3-8(9)10(5-12)6-13-7-10/h1-5H,6-7H2. The molecule has 0 radical (unpaired) electrons. The zero-order chi connectivity index (χ0) is 9.31. The van der Waals surface area contributed by atoms with Gasteiger partial charge in [-0.05, 0) is 11.6 Å². The molecule has 2 nitrogen and oxygen atoms in total. The molecule has 0 N–H and O–H groups in total. The fourth-order valence-corrected chi connectivity index (χ4v) is 2.15. The number of hydrogen-bond donors (Lipinski definition) is 0. The topological polar surface area (TPSA) is 26.3 Å². The Kier molecular flexibility index (Phi) is 2.22. The molecule has 3 heteroatoms. The van der Waals surface area contributed by atoms with E-state index in [2.05, 4.69) is 15.9 Å². The predicted molar refractivity (Wildman–Crippen MR) is 52.7 cm³/mol. The van der Waals surface area contributed by atoms with Gasteiger partial charge in [0.25, 0.3) is 0 Å². The minimum atomic E-state index is -0.403. The van der Waals surface area contributed by atoms with E-state index in [9.17, 15) is 4.79 Å². The number of carbonyl (C=O) groups excluding carboxylic acids is 1. The number of carbonyl (C=O) groups is 1. The van der Waals surface area contributed by atoms with Crippen molar-refractivity contribution in [2.24, 2.45) is 0 Å². The van der Waals surface area contributed by atoms with Crippen LogP contribution in [0.3, 0.4) is 0 Å². The lowest BCUT2D eigenvalue weighted by Crippen LogP contribution is -2.48. The van der Waals surface area contributed by atoms with Crippen LogP contribution in [0.25, 0.3) is 0 Å². The summed E-state index contributed by atoms with van der Waals surface area (Å²) in [5.74, 6) is 0. The van der Waals surface area contributed by atoms with E-state index in [0.29, 0.717) is 13.2 Å². The molecule has 1 aromatic rings. The van der Waals surface area contributed by atoms with Crippen molar-refractivity contribution < 1.29 is 9.53 Å². The molecule has 1 heterocycles. The van der Waals surface area contributed by atoms with E-state index in [1.165, 1.54) is 0 Å². The lowest BCUT2D eigenvalue weighted by atomic mass is 9.80. The predicted octanol–water partition coefficient (Wildman–Crippen LogP) is 1.92. The Morgan fingerprint density at radius 1 is 1.38 bits per heavy atom. The van der Waals surface area contributed by atoms with Crippen molar-refractivity contribution in [3.8, 4) is 0 Å². The van der Waals surface area contributed by atoms with Crippen molar-refractivity contribution in [1.82, 2.24) is 0 Å². The highest BCUT2D eigenvalue weighted by Gasteiger charge is 2.41. The molecule has 0 amide bonds. The van der Waals surface area contributed by atoms with Crippen molar-refractivity contribution in [3.63, 3.8) is 0 Å². The van der Waals surface area contributed by atoms with Gasteiger partial charge >= 0.3 is 0 Å². The molecule has 68 valence electrons. The third kappa shape index (κ3) is 1.32. The van der Waals surface area contributed by atoms with Crippen molar-refractivity contribution in [3.05, 3.63) is 34.3 Å². The number of benzene rings is 1. The third-order valence-corrected chi connectivity index (χ3v) is 3.05. The van der Waals surface area contributed by atoms with Crippen LogP contribution in [0.2, 0.25) is 0 Å². The summed E-state index contributed by atoms with van der Waals surface area (Å²) in [5, 5.41) is 0. The van der Waals surface area contributed by atoms with Gasteiger partial charge in [-0.1, -0.05) is 34.1 Å². The molecule has 0 atom stereocenters. The van der Waals surface area contributed by atoms with Crippen LogP contribution in [0, 0.1) is 0 Å². The first-order valence-electron chi connectivity index (χ1n) is 4.08. The van der Waals surface area contributed by atoms with Crippen LogP contribution in [-0.2, 0) is 14.9 Å². The minimum Gasteiger partial charge on any atom is -0.378 e. The van der Waals surface area contributed by atoms with Gasteiger partial charge in [0.2, 0.25) is 0 Å². The largest absolute Gasteiger partial charge is 0.378 e. The van der Waals surface area contributed by atoms with Gasteiger partial charge in [0.1, 0.15) is 6.29 Å². The highest BCUT2D eigenvalue weighted by atomic mass is 79.9. The maximum Gasteiger partial charge on any atom is 0.135 e. The number of ether oxygens (including phenoxy) is 1. The van der Waals surface area contributed by atoms with Crippen LogP contribution in [0.15, 0.2) is 28.7 Å². The van der Waals surface area contributed by atoms with Crippen molar-refractivity contribution in [2.75, 3.05) is 13.2 Å². The van der Waals surface area contributed by atoms with Gasteiger partial charge in [0, 0.05) is 4.47 Å². The van der Waals surface area contributed by atoms with E-state index >= 15 is 0 Å². The Morgan fingerprint density at radius 2 is 2.08 bits per heavy atom. The first-order chi connectivity index (χ1) is 6.28. The summed E-state index contributed by atoms with van der Waals surface area (Å²) < 4.78 is 6.06. The van der Waals surface area contributed by atoms with Crippen LogP contribution in [0.4, 0.5) is 0 Å². The minimum absolute atomic E-state index is 0.403. The smallest absolute Gasteiger partial charge is 0.135 e. The van der Waals surface area contributed by atoms with Gasteiger partial charge in [-0.15, -0.1) is 0 Å². The first-order valence-corrected chi connectivity index (χ1v) is 4.87. The van der Waals surface area contributed by atoms with E-state index in [4.69, 9.17) is 4.74 Å². The molecular formula is C10H9BrO2. The second kappa shape index (κ2) is 3.24. The van der Waals surface area contributed by atoms with Gasteiger partial charge in [0.15, 0.2) is 0 Å². The highest BCUT2D eigenvalue weighted by molar-refractivity contribution is 9.10. The zero-order valence-electron chi connectivity index (χ0n) is 7.00. The molecule has 0 spiro atoms. The van der Waals surface area contributed by atoms with E-state index in [1.807, 2.05) is 24.3 Å². The SMILES string of the molecule is O=CC1(c2ccccc2Br)COC1. The van der Waals surface area contributed by atoms with Gasteiger partial charge < -0.3 is 9.53 Å². The summed E-state index contributed by atoms with van der Waals surface area (Å²) in [4.78, 5) is 11.0. The summed E-state index contributed by atoms with van der Waals surface area (Å²) >= 11 is 3.43. The highest BCUT2D eigenvalue weighted by Crippen LogP contribution is 2.34. The Labute approximate surface area is 85.0 Å². The Bertz CT molecular complexity index is 331. The van der Waals surface area contributed by atoms with E-state index in [-0.39, 0.29) is 0 Å². The summed E-state index contributed by atoms with van der Waals surface area (Å²) in [7, 11) is 0. The summed E-state index contributed by atoms with van der Waals surface area (Å²) in [6.07, 6.45) is 0.983. The molecule has 13 heavy (non-hydrogen) atoms. The normalized spacial score (nSPS) is 19.2. The quantitative estimate of drug-likeness (QED) is 0.739. The lowest BCUT2D eigenvalue weighted by molar-refractivity contribution is -0.129. The Balaban J connectivity index is 2.44. The molecule has 0 unspecified atom stereocenters. The molecule has 1 aliphatic rings. The second-order valence-electron chi connectivity index (χ2n) is 3.25. The third-order valence-electron chi connectivity index (χ3n) is 2.36. The summed E-state index contributed by atoms with van der Waals surface area (Å²) in [6.45, 7) is 0.998. The summed E-state index contributed by atoms with van der Waals surface area (Å²) in [5.41, 5.74) is 0.622. The average Bonchev–Trinajstić information content (AvgIpc) is 2.07. The molecule has 0 aliphatic carbocycles. The maximum atomic E-state index is 11.0. The van der Waals surface area contributed by atoms with Gasteiger partial charge in [0.05, 0.1) is 18.6 Å². The van der Waals surface area contributed by atoms with Gasteiger partial charge in [-0.2, -0.15) is 0 Å². The molecule has 0 bridgehead atoms. The van der Waals surface area contributed by atoms with Crippen molar-refractivity contribution in [1.29, 1.82) is 0 Å². The van der Waals surface area contributed by atoms with Crippen LogP contribution >= 0.6 is 15.9 Å². The molecule has 1 aliphatic heterocycles. The molecule has 1 saturated heterocycles. The fraction of sp³-hybridized carbons (Fsp3) is 0.300. The Morgan fingerprint density at radius 3 is 2.54 bits per heavy atom. The molecule has 0 aromatic heterocycles. The molecule has 1 aromatic carbocycles. The van der Waals surface area contributed by atoms with Gasteiger partial charge in [-0.25, -0.2) is 0 Å². The maximum absolute atomic E-state index is 11.0. The number of halogens is 1. The number of aldehydes is 1. The van der Waals surface area contributed by atoms with E-state index < -0.39 is 5.41 Å². The van der Waals surface area contributed by atoms with Crippen LogP contribution in [0.1, 0.15) is 5.56 Å². The van der Waals surface area contributed by atoms with Crippen LogP contribution < -0.4 is 0 Å². The van der Waals surface area contributed by atoms with E-state index in [1.54, 1.807) is 0 Å². The fourth-order valence-electron chi connectivity index (χ4n) is 1.47. The van der Waals surface area contributed by atoms with Gasteiger partial charge in [-0.3, -0.25) is 0 Å².